The highest BCUT2D eigenvalue weighted by molar-refractivity contribution is 6.03. The van der Waals surface area contributed by atoms with Crippen LogP contribution >= 0.6 is 0 Å². The van der Waals surface area contributed by atoms with Crippen molar-refractivity contribution < 1.29 is 53.4 Å². The SMILES string of the molecule is C=CCOC12Oc3ccc(OC(=O)NCc4ccccc4)cc3C3C(CCCCO)C(CCCCO)C=C(C(=NOC4CCCCO4)CC1N(CCOCCO)C(=O)CCC1CCCC1)C32. The Hall–Kier alpha value is -4.31. The molecule has 2 aromatic rings. The lowest BCUT2D eigenvalue weighted by atomic mass is 9.55. The van der Waals surface area contributed by atoms with E-state index in [1.54, 1.807) is 12.1 Å². The number of carbonyl (C=O) groups excluding carboxylic acids is 2. The molecular formula is C52H73N3O11. The largest absolute Gasteiger partial charge is 0.459 e. The molecule has 14 nitrogen and oxygen atoms in total. The Morgan fingerprint density at radius 3 is 2.45 bits per heavy atom. The summed E-state index contributed by atoms with van der Waals surface area (Å²) in [7, 11) is 0. The Morgan fingerprint density at radius 2 is 1.71 bits per heavy atom. The molecule has 2 heterocycles. The first-order valence-electron chi connectivity index (χ1n) is 24.7. The van der Waals surface area contributed by atoms with Crippen LogP contribution in [-0.4, -0.2) is 109 Å². The molecule has 0 spiro atoms. The Morgan fingerprint density at radius 1 is 0.924 bits per heavy atom. The van der Waals surface area contributed by atoms with Crippen LogP contribution in [0.2, 0.25) is 0 Å². The molecule has 1 saturated heterocycles. The third kappa shape index (κ3) is 12.4. The number of ether oxygens (including phenoxy) is 5. The Balaban J connectivity index is 1.37. The summed E-state index contributed by atoms with van der Waals surface area (Å²) in [5.74, 6) is -0.880. The Labute approximate surface area is 390 Å². The van der Waals surface area contributed by atoms with Gasteiger partial charge >= 0.3 is 6.09 Å². The van der Waals surface area contributed by atoms with Crippen LogP contribution in [0.1, 0.15) is 120 Å². The fourth-order valence-electron chi connectivity index (χ4n) is 11.1. The number of aliphatic hydroxyl groups excluding tert-OH is 3. The predicted octanol–water partition coefficient (Wildman–Crippen LogP) is 7.94. The number of benzene rings is 2. The number of oxime groups is 1. The molecule has 7 atom stereocenters. The van der Waals surface area contributed by atoms with Gasteiger partial charge in [-0.2, -0.15) is 0 Å². The second-order valence-electron chi connectivity index (χ2n) is 18.5. The number of allylic oxidation sites excluding steroid dienone is 1. The first kappa shape index (κ1) is 49.6. The van der Waals surface area contributed by atoms with E-state index in [0.717, 1.165) is 74.5 Å². The van der Waals surface area contributed by atoms with Crippen molar-refractivity contribution in [2.75, 3.05) is 52.8 Å². The van der Waals surface area contributed by atoms with Crippen molar-refractivity contribution in [2.24, 2.45) is 28.8 Å². The van der Waals surface area contributed by atoms with E-state index in [2.05, 4.69) is 18.0 Å². The molecule has 2 aliphatic heterocycles. The lowest BCUT2D eigenvalue weighted by Gasteiger charge is -2.60. The van der Waals surface area contributed by atoms with Gasteiger partial charge in [-0.3, -0.25) is 4.79 Å². The number of aliphatic hydroxyl groups is 3. The number of unbranched alkanes of at least 4 members (excludes halogenated alkanes) is 2. The third-order valence-corrected chi connectivity index (χ3v) is 14.2. The van der Waals surface area contributed by atoms with E-state index >= 15 is 0 Å². The standard InChI is InChI=1S/C52H73N3O11/c1-2-29-63-52-46(55(25-31-61-32-28-58)47(59)24-21-37-14-6-7-15-37)35-44(54-66-48-20-10-13-30-62-48)42-33-39(18-8-11-26-56)41(19-9-12-27-57)49(50(42)52)43-34-40(22-23-45(43)65-52)64-51(60)53-36-38-16-4-3-5-17-38/h2-5,16-17,22-23,33-34,37,39,41,46,48-50,56-58H,1,6-15,18-21,24-32,35-36H2,(H,53,60). The summed E-state index contributed by atoms with van der Waals surface area (Å²) >= 11 is 0. The number of nitrogens with one attached hydrogen (secondary N) is 1. The average Bonchev–Trinajstić information content (AvgIpc) is 3.87. The molecule has 66 heavy (non-hydrogen) atoms. The number of carbonyl (C=O) groups is 2. The summed E-state index contributed by atoms with van der Waals surface area (Å²) in [4.78, 5) is 36.5. The highest BCUT2D eigenvalue weighted by Gasteiger charge is 2.65. The van der Waals surface area contributed by atoms with Gasteiger partial charge in [0.15, 0.2) is 0 Å². The van der Waals surface area contributed by atoms with Crippen molar-refractivity contribution in [1.82, 2.24) is 10.2 Å². The van der Waals surface area contributed by atoms with Crippen molar-refractivity contribution in [2.45, 2.75) is 133 Å². The van der Waals surface area contributed by atoms with Crippen molar-refractivity contribution in [3.05, 3.63) is 84.0 Å². The van der Waals surface area contributed by atoms with Gasteiger partial charge in [-0.25, -0.2) is 4.79 Å². The maximum Gasteiger partial charge on any atom is 0.412 e. The summed E-state index contributed by atoms with van der Waals surface area (Å²) < 4.78 is 32.4. The maximum absolute atomic E-state index is 15.0. The van der Waals surface area contributed by atoms with Crippen LogP contribution in [0, 0.1) is 23.7 Å². The van der Waals surface area contributed by atoms with E-state index in [1.807, 2.05) is 47.4 Å². The first-order valence-corrected chi connectivity index (χ1v) is 24.7. The van der Waals surface area contributed by atoms with Gasteiger partial charge in [0.1, 0.15) is 17.5 Å². The topological polar surface area (TPSA) is 178 Å². The number of amides is 2. The zero-order chi connectivity index (χ0) is 46.1. The minimum absolute atomic E-state index is 0.0116. The fourth-order valence-corrected chi connectivity index (χ4v) is 11.1. The summed E-state index contributed by atoms with van der Waals surface area (Å²) in [6, 6.07) is 14.4. The van der Waals surface area contributed by atoms with Gasteiger partial charge in [0.05, 0.1) is 44.7 Å². The molecular weight excluding hydrogens is 843 g/mol. The third-order valence-electron chi connectivity index (χ3n) is 14.2. The fraction of sp³-hybridized carbons (Fsp3) is 0.635. The van der Waals surface area contributed by atoms with E-state index in [0.29, 0.717) is 62.0 Å². The maximum atomic E-state index is 15.0. The normalized spacial score (nSPS) is 26.4. The van der Waals surface area contributed by atoms with Gasteiger partial charge in [0.2, 0.25) is 18.0 Å². The molecule has 5 aliphatic rings. The average molecular weight is 916 g/mol. The van der Waals surface area contributed by atoms with Crippen LogP contribution < -0.4 is 14.8 Å². The summed E-state index contributed by atoms with van der Waals surface area (Å²) in [6.07, 6.45) is 15.9. The molecule has 7 rings (SSSR count). The van der Waals surface area contributed by atoms with Gasteiger partial charge in [-0.15, -0.1) is 6.58 Å². The van der Waals surface area contributed by atoms with Crippen molar-refractivity contribution in [3.63, 3.8) is 0 Å². The molecule has 2 saturated carbocycles. The quantitative estimate of drug-likeness (QED) is 0.0432. The molecule has 2 amide bonds. The second-order valence-corrected chi connectivity index (χ2v) is 18.5. The van der Waals surface area contributed by atoms with Crippen LogP contribution in [0.25, 0.3) is 0 Å². The highest BCUT2D eigenvalue weighted by Crippen LogP contribution is 2.62. The summed E-state index contributed by atoms with van der Waals surface area (Å²) in [6.45, 7) is 5.65. The van der Waals surface area contributed by atoms with Crippen LogP contribution in [0.15, 0.2) is 78.0 Å². The number of hydrogen-bond donors (Lipinski definition) is 4. The molecule has 3 aliphatic carbocycles. The smallest absolute Gasteiger partial charge is 0.412 e. The van der Waals surface area contributed by atoms with Gasteiger partial charge in [-0.05, 0) is 92.0 Å². The van der Waals surface area contributed by atoms with Crippen LogP contribution in [-0.2, 0) is 30.4 Å². The van der Waals surface area contributed by atoms with Crippen molar-refractivity contribution in [3.8, 4) is 11.5 Å². The number of nitrogens with zero attached hydrogens (tertiary/aromatic N) is 2. The van der Waals surface area contributed by atoms with Gasteiger partial charge < -0.3 is 54.1 Å². The lowest BCUT2D eigenvalue weighted by molar-refractivity contribution is -0.258. The summed E-state index contributed by atoms with van der Waals surface area (Å²) in [5, 5.41) is 37.5. The Kier molecular flexibility index (Phi) is 18.9. The van der Waals surface area contributed by atoms with E-state index in [4.69, 9.17) is 33.7 Å². The van der Waals surface area contributed by atoms with E-state index < -0.39 is 30.1 Å². The van der Waals surface area contributed by atoms with Crippen molar-refractivity contribution >= 4 is 17.7 Å². The molecule has 362 valence electrons. The predicted molar refractivity (Wildman–Crippen MR) is 250 cm³/mol. The first-order chi connectivity index (χ1) is 32.4. The van der Waals surface area contributed by atoms with Gasteiger partial charge in [0.25, 0.3) is 0 Å². The van der Waals surface area contributed by atoms with E-state index in [-0.39, 0.29) is 76.3 Å². The summed E-state index contributed by atoms with van der Waals surface area (Å²) in [5.41, 5.74) is 3.39. The lowest BCUT2D eigenvalue weighted by Crippen LogP contribution is -2.70. The molecule has 0 bridgehead atoms. The van der Waals surface area contributed by atoms with E-state index in [9.17, 15) is 24.9 Å². The minimum Gasteiger partial charge on any atom is -0.459 e. The minimum atomic E-state index is -1.45. The number of hydrogen-bond acceptors (Lipinski definition) is 12. The molecule has 4 N–H and O–H groups in total. The molecule has 14 heteroatoms. The number of rotatable bonds is 25. The second kappa shape index (κ2) is 25.2. The zero-order valence-electron chi connectivity index (χ0n) is 38.7. The number of fused-ring (bicyclic) bond motifs is 2. The van der Waals surface area contributed by atoms with Crippen molar-refractivity contribution in [1.29, 1.82) is 0 Å². The molecule has 0 aromatic heterocycles. The molecule has 0 radical (unpaired) electrons. The van der Waals surface area contributed by atoms with E-state index in [1.165, 1.54) is 12.8 Å². The van der Waals surface area contributed by atoms with Gasteiger partial charge in [-0.1, -0.05) is 86.2 Å². The van der Waals surface area contributed by atoms with Crippen LogP contribution in [0.5, 0.6) is 11.5 Å². The Bertz CT molecular complexity index is 1920. The molecule has 3 fully saturated rings. The van der Waals surface area contributed by atoms with Gasteiger partial charge in [0, 0.05) is 57.0 Å². The van der Waals surface area contributed by atoms with Crippen LogP contribution in [0.3, 0.4) is 0 Å². The van der Waals surface area contributed by atoms with Crippen LogP contribution in [0.4, 0.5) is 4.79 Å². The molecule has 7 unspecified atom stereocenters. The molecule has 2 aromatic carbocycles. The highest BCUT2D eigenvalue weighted by atomic mass is 16.8. The zero-order valence-corrected chi connectivity index (χ0v) is 38.7. The monoisotopic (exact) mass is 916 g/mol.